The molecule has 0 aromatic heterocycles. The first-order valence-corrected chi connectivity index (χ1v) is 10.4. The van der Waals surface area contributed by atoms with Gasteiger partial charge in [-0.1, -0.05) is 23.2 Å². The van der Waals surface area contributed by atoms with E-state index in [1.165, 1.54) is 19.1 Å². The molecule has 1 unspecified atom stereocenters. The van der Waals surface area contributed by atoms with Crippen LogP contribution in [0.25, 0.3) is 0 Å². The van der Waals surface area contributed by atoms with E-state index in [-0.39, 0.29) is 21.3 Å². The lowest BCUT2D eigenvalue weighted by Crippen LogP contribution is -2.41. The minimum absolute atomic E-state index is 0.116. The summed E-state index contributed by atoms with van der Waals surface area (Å²) < 4.78 is 44.6. The third-order valence-electron chi connectivity index (χ3n) is 2.76. The van der Waals surface area contributed by atoms with Crippen molar-refractivity contribution in [3.63, 3.8) is 0 Å². The summed E-state index contributed by atoms with van der Waals surface area (Å²) in [6.45, 7) is 6.86. The average Bonchev–Trinajstić information content (AvgIpc) is 2.19. The normalized spacial score (nSPS) is 15.9. The van der Waals surface area contributed by atoms with Crippen molar-refractivity contribution in [2.45, 2.75) is 44.8 Å². The summed E-state index contributed by atoms with van der Waals surface area (Å²) in [5, 5.41) is 0.232. The Morgan fingerprint density at radius 2 is 1.57 bits per heavy atom. The van der Waals surface area contributed by atoms with Crippen molar-refractivity contribution in [2.24, 2.45) is 0 Å². The molecule has 1 atom stereocenters. The Balaban J connectivity index is 3.36. The SMILES string of the molecule is CC(CC(F)(F)F)(O[Si](C)(C)C)c1cc(Cl)c(N)c(Cl)c1. The van der Waals surface area contributed by atoms with Crippen LogP contribution in [0.5, 0.6) is 0 Å². The molecule has 2 nitrogen and oxygen atoms in total. The molecule has 0 aliphatic carbocycles. The number of halogens is 5. The third kappa shape index (κ3) is 5.36. The first-order chi connectivity index (χ1) is 9.23. The fourth-order valence-corrected chi connectivity index (χ4v) is 4.17. The summed E-state index contributed by atoms with van der Waals surface area (Å²) in [5.41, 5.74) is 4.49. The Labute approximate surface area is 133 Å². The molecule has 2 N–H and O–H groups in total. The van der Waals surface area contributed by atoms with Crippen LogP contribution in [0.4, 0.5) is 18.9 Å². The summed E-state index contributed by atoms with van der Waals surface area (Å²) in [7, 11) is -2.24. The van der Waals surface area contributed by atoms with E-state index >= 15 is 0 Å². The quantitative estimate of drug-likeness (QED) is 0.561. The van der Waals surface area contributed by atoms with Gasteiger partial charge in [-0.25, -0.2) is 0 Å². The number of nitrogens with two attached hydrogens (primary N) is 1. The molecule has 1 rings (SSSR count). The lowest BCUT2D eigenvalue weighted by Gasteiger charge is -2.37. The van der Waals surface area contributed by atoms with Crippen molar-refractivity contribution in [1.29, 1.82) is 0 Å². The Kier molecular flexibility index (Phi) is 5.31. The molecule has 0 heterocycles. The zero-order valence-corrected chi connectivity index (χ0v) is 14.7. The first kappa shape index (κ1) is 18.6. The largest absolute Gasteiger partial charge is 0.408 e. The van der Waals surface area contributed by atoms with Crippen molar-refractivity contribution in [2.75, 3.05) is 5.73 Å². The smallest absolute Gasteiger partial charge is 0.392 e. The Morgan fingerprint density at radius 1 is 1.14 bits per heavy atom. The van der Waals surface area contributed by atoms with Gasteiger partial charge in [-0.05, 0) is 44.3 Å². The number of hydrogen-bond donors (Lipinski definition) is 1. The maximum atomic E-state index is 12.9. The molecule has 0 aliphatic heterocycles. The topological polar surface area (TPSA) is 35.2 Å². The van der Waals surface area contributed by atoms with Gasteiger partial charge in [-0.2, -0.15) is 13.2 Å². The third-order valence-corrected chi connectivity index (χ3v) is 4.45. The Bertz CT molecular complexity index is 490. The highest BCUT2D eigenvalue weighted by Gasteiger charge is 2.44. The van der Waals surface area contributed by atoms with Crippen LogP contribution in [0.3, 0.4) is 0 Å². The van der Waals surface area contributed by atoms with Crippen molar-refractivity contribution in [3.05, 3.63) is 27.7 Å². The van der Waals surface area contributed by atoms with Gasteiger partial charge in [0, 0.05) is 0 Å². The van der Waals surface area contributed by atoms with Gasteiger partial charge in [-0.3, -0.25) is 0 Å². The van der Waals surface area contributed by atoms with Crippen molar-refractivity contribution >= 4 is 37.2 Å². The molecule has 0 radical (unpaired) electrons. The maximum absolute atomic E-state index is 12.9. The molecule has 1 aromatic rings. The van der Waals surface area contributed by atoms with Gasteiger partial charge in [0.1, 0.15) is 0 Å². The molecule has 0 aliphatic rings. The zero-order chi connectivity index (χ0) is 16.6. The van der Waals surface area contributed by atoms with E-state index in [2.05, 4.69) is 0 Å². The van der Waals surface area contributed by atoms with Crippen molar-refractivity contribution in [3.8, 4) is 0 Å². The summed E-state index contributed by atoms with van der Waals surface area (Å²) in [6, 6.07) is 2.77. The molecule has 8 heteroatoms. The van der Waals surface area contributed by atoms with Crippen LogP contribution < -0.4 is 5.73 Å². The minimum Gasteiger partial charge on any atom is -0.408 e. The van der Waals surface area contributed by atoms with Crippen LogP contribution >= 0.6 is 23.2 Å². The van der Waals surface area contributed by atoms with E-state index in [1.807, 2.05) is 19.6 Å². The van der Waals surface area contributed by atoms with Crippen LogP contribution in [0.2, 0.25) is 29.7 Å². The summed E-state index contributed by atoms with van der Waals surface area (Å²) in [5.74, 6) is 0. The van der Waals surface area contributed by atoms with Crippen LogP contribution in [0.1, 0.15) is 18.9 Å². The predicted octanol–water partition coefficient (Wildman–Crippen LogP) is 5.59. The monoisotopic (exact) mass is 359 g/mol. The summed E-state index contributed by atoms with van der Waals surface area (Å²) in [4.78, 5) is 0. The summed E-state index contributed by atoms with van der Waals surface area (Å²) in [6.07, 6.45) is -5.50. The fraction of sp³-hybridized carbons (Fsp3) is 0.538. The summed E-state index contributed by atoms with van der Waals surface area (Å²) >= 11 is 11.9. The number of benzene rings is 1. The van der Waals surface area contributed by atoms with Gasteiger partial charge in [0.05, 0.1) is 27.8 Å². The zero-order valence-electron chi connectivity index (χ0n) is 12.2. The molecule has 0 bridgehead atoms. The number of anilines is 1. The molecular formula is C13H18Cl2F3NOSi. The second-order valence-electron chi connectivity index (χ2n) is 6.09. The van der Waals surface area contributed by atoms with Gasteiger partial charge in [0.15, 0.2) is 8.32 Å². The number of rotatable bonds is 4. The molecular weight excluding hydrogens is 342 g/mol. The highest BCUT2D eigenvalue weighted by molar-refractivity contribution is 6.69. The van der Waals surface area contributed by atoms with Gasteiger partial charge < -0.3 is 10.2 Å². The predicted molar refractivity (Wildman–Crippen MR) is 83.3 cm³/mol. The van der Waals surface area contributed by atoms with E-state index in [0.29, 0.717) is 0 Å². The van der Waals surface area contributed by atoms with Crippen LogP contribution in [0, 0.1) is 0 Å². The average molecular weight is 360 g/mol. The highest BCUT2D eigenvalue weighted by atomic mass is 35.5. The van der Waals surface area contributed by atoms with E-state index in [1.54, 1.807) is 0 Å². The number of alkyl halides is 3. The molecule has 0 saturated carbocycles. The van der Waals surface area contributed by atoms with E-state index in [4.69, 9.17) is 33.4 Å². The standard InChI is InChI=1S/C13H18Cl2F3NOSi/c1-12(7-13(16,17)18,20-21(2,3)4)8-5-9(14)11(19)10(15)6-8/h5-6H,7,19H2,1-4H3. The molecule has 0 saturated heterocycles. The van der Waals surface area contributed by atoms with E-state index < -0.39 is 26.5 Å². The molecule has 0 fully saturated rings. The highest BCUT2D eigenvalue weighted by Crippen LogP contribution is 2.42. The van der Waals surface area contributed by atoms with Gasteiger partial charge in [0.2, 0.25) is 0 Å². The Morgan fingerprint density at radius 3 is 1.90 bits per heavy atom. The first-order valence-electron chi connectivity index (χ1n) is 6.25. The molecule has 1 aromatic carbocycles. The lowest BCUT2D eigenvalue weighted by atomic mass is 9.92. The fourth-order valence-electron chi connectivity index (χ4n) is 2.14. The van der Waals surface area contributed by atoms with Crippen LogP contribution in [-0.4, -0.2) is 14.5 Å². The van der Waals surface area contributed by atoms with Gasteiger partial charge >= 0.3 is 6.18 Å². The molecule has 0 amide bonds. The van der Waals surface area contributed by atoms with Crippen LogP contribution in [-0.2, 0) is 10.0 Å². The molecule has 120 valence electrons. The van der Waals surface area contributed by atoms with E-state index in [9.17, 15) is 13.2 Å². The van der Waals surface area contributed by atoms with Gasteiger partial charge in [-0.15, -0.1) is 0 Å². The van der Waals surface area contributed by atoms with Crippen molar-refractivity contribution < 1.29 is 17.6 Å². The molecule has 0 spiro atoms. The lowest BCUT2D eigenvalue weighted by molar-refractivity contribution is -0.170. The van der Waals surface area contributed by atoms with Crippen LogP contribution in [0.15, 0.2) is 12.1 Å². The number of nitrogen functional groups attached to an aromatic ring is 1. The second-order valence-corrected chi connectivity index (χ2v) is 11.3. The van der Waals surface area contributed by atoms with E-state index in [0.717, 1.165) is 0 Å². The number of hydrogen-bond acceptors (Lipinski definition) is 2. The minimum atomic E-state index is -4.38. The van der Waals surface area contributed by atoms with Gasteiger partial charge in [0.25, 0.3) is 0 Å². The molecule has 21 heavy (non-hydrogen) atoms. The van der Waals surface area contributed by atoms with Crippen molar-refractivity contribution in [1.82, 2.24) is 0 Å². The second kappa shape index (κ2) is 5.99. The Hall–Kier alpha value is -0.433. The maximum Gasteiger partial charge on any atom is 0.392 e.